The number of hydrogen-bond acceptors (Lipinski definition) is 2. The van der Waals surface area contributed by atoms with Crippen LogP contribution in [0, 0.1) is 0 Å². The molecule has 22 heavy (non-hydrogen) atoms. The van der Waals surface area contributed by atoms with Gasteiger partial charge in [-0.15, -0.1) is 0 Å². The molecule has 7 heteroatoms. The minimum atomic E-state index is -0.430. The molecule has 1 heterocycles. The Kier molecular flexibility index (Phi) is 4.28. The summed E-state index contributed by atoms with van der Waals surface area (Å²) in [6.07, 6.45) is 0. The van der Waals surface area contributed by atoms with Gasteiger partial charge in [-0.25, -0.2) is 0 Å². The molecule has 0 aliphatic rings. The second kappa shape index (κ2) is 6.05. The molecule has 0 saturated heterocycles. The van der Waals surface area contributed by atoms with Crippen molar-refractivity contribution in [2.45, 2.75) is 0 Å². The quantitative estimate of drug-likeness (QED) is 0.596. The van der Waals surface area contributed by atoms with Crippen molar-refractivity contribution in [3.63, 3.8) is 0 Å². The van der Waals surface area contributed by atoms with E-state index in [1.54, 1.807) is 18.2 Å². The zero-order valence-corrected chi connectivity index (χ0v) is 14.4. The van der Waals surface area contributed by atoms with E-state index in [-0.39, 0.29) is 5.56 Å². The van der Waals surface area contributed by atoms with Crippen molar-refractivity contribution in [1.29, 1.82) is 0 Å². The maximum Gasteiger partial charge on any atom is 0.281 e. The molecule has 1 amide bonds. The van der Waals surface area contributed by atoms with E-state index in [1.165, 1.54) is 17.4 Å². The van der Waals surface area contributed by atoms with Crippen molar-refractivity contribution in [3.05, 3.63) is 61.8 Å². The van der Waals surface area contributed by atoms with Gasteiger partial charge in [0.05, 0.1) is 20.8 Å². The molecule has 0 bridgehead atoms. The van der Waals surface area contributed by atoms with Gasteiger partial charge in [-0.05, 0) is 36.4 Å². The van der Waals surface area contributed by atoms with Crippen LogP contribution in [0.1, 0.15) is 10.4 Å². The highest BCUT2D eigenvalue weighted by atomic mass is 35.5. The molecule has 0 radical (unpaired) electrons. The van der Waals surface area contributed by atoms with E-state index in [9.17, 15) is 4.79 Å². The van der Waals surface area contributed by atoms with Gasteiger partial charge in [-0.1, -0.05) is 46.1 Å². The molecule has 0 aliphatic heterocycles. The Morgan fingerprint density at radius 2 is 1.77 bits per heavy atom. The number of amides is 1. The van der Waals surface area contributed by atoms with Gasteiger partial charge in [0, 0.05) is 17.1 Å². The van der Waals surface area contributed by atoms with Gasteiger partial charge < -0.3 is 4.57 Å². The van der Waals surface area contributed by atoms with Crippen molar-refractivity contribution in [3.8, 4) is 0 Å². The standard InChI is InChI=1S/C15H9Cl3N2OS/c1-20-12-5-3-9(17)7-13(12)22-15(20)19-14(21)10-6-8(16)2-4-11(10)18/h2-7H,1H3. The van der Waals surface area contributed by atoms with Crippen molar-refractivity contribution in [2.75, 3.05) is 0 Å². The fraction of sp³-hybridized carbons (Fsp3) is 0.0667. The van der Waals surface area contributed by atoms with Gasteiger partial charge >= 0.3 is 0 Å². The summed E-state index contributed by atoms with van der Waals surface area (Å²) in [4.78, 5) is 17.1. The number of rotatable bonds is 1. The fourth-order valence-corrected chi connectivity index (χ4v) is 3.69. The van der Waals surface area contributed by atoms with Gasteiger partial charge in [-0.3, -0.25) is 4.79 Å². The number of carbonyl (C=O) groups excluding carboxylic acids is 1. The first-order valence-electron chi connectivity index (χ1n) is 6.25. The van der Waals surface area contributed by atoms with Gasteiger partial charge in [0.1, 0.15) is 0 Å². The van der Waals surface area contributed by atoms with Crippen LogP contribution in [0.25, 0.3) is 10.2 Å². The van der Waals surface area contributed by atoms with Crippen LogP contribution < -0.4 is 4.80 Å². The average molecular weight is 372 g/mol. The Labute approximate surface area is 145 Å². The smallest absolute Gasteiger partial charge is 0.281 e. The third-order valence-electron chi connectivity index (χ3n) is 3.13. The van der Waals surface area contributed by atoms with E-state index >= 15 is 0 Å². The lowest BCUT2D eigenvalue weighted by atomic mass is 10.2. The van der Waals surface area contributed by atoms with Gasteiger partial charge in [-0.2, -0.15) is 4.99 Å². The summed E-state index contributed by atoms with van der Waals surface area (Å²) in [6, 6.07) is 10.3. The van der Waals surface area contributed by atoms with E-state index in [4.69, 9.17) is 34.8 Å². The zero-order valence-electron chi connectivity index (χ0n) is 11.3. The summed E-state index contributed by atoms with van der Waals surface area (Å²) in [7, 11) is 1.85. The fourth-order valence-electron chi connectivity index (χ4n) is 2.02. The Morgan fingerprint density at radius 1 is 1.09 bits per heavy atom. The third-order valence-corrected chi connectivity index (χ3v) is 5.02. The lowest BCUT2D eigenvalue weighted by Crippen LogP contribution is -2.13. The highest BCUT2D eigenvalue weighted by molar-refractivity contribution is 7.16. The summed E-state index contributed by atoms with van der Waals surface area (Å²) in [5.41, 5.74) is 1.24. The summed E-state index contributed by atoms with van der Waals surface area (Å²) in [6.45, 7) is 0. The van der Waals surface area contributed by atoms with Crippen LogP contribution in [0.2, 0.25) is 15.1 Å². The molecule has 3 rings (SSSR count). The van der Waals surface area contributed by atoms with Crippen LogP contribution in [-0.2, 0) is 7.05 Å². The van der Waals surface area contributed by atoms with Crippen molar-refractivity contribution < 1.29 is 4.79 Å². The van der Waals surface area contributed by atoms with Crippen LogP contribution >= 0.6 is 46.1 Å². The molecule has 0 unspecified atom stereocenters. The van der Waals surface area contributed by atoms with Gasteiger partial charge in [0.2, 0.25) is 0 Å². The number of fused-ring (bicyclic) bond motifs is 1. The SMILES string of the molecule is Cn1c(=NC(=O)c2cc(Cl)ccc2Cl)sc2cc(Cl)ccc21. The Balaban J connectivity index is 2.14. The second-order valence-corrected chi connectivity index (χ2v) is 6.89. The van der Waals surface area contributed by atoms with E-state index in [2.05, 4.69) is 4.99 Å². The third kappa shape index (κ3) is 2.92. The van der Waals surface area contributed by atoms with Crippen LogP contribution in [0.3, 0.4) is 0 Å². The first-order valence-corrected chi connectivity index (χ1v) is 8.20. The summed E-state index contributed by atoms with van der Waals surface area (Å²) < 4.78 is 2.80. The van der Waals surface area contributed by atoms with E-state index in [1.807, 2.05) is 23.7 Å². The predicted octanol–water partition coefficient (Wildman–Crippen LogP) is 4.94. The van der Waals surface area contributed by atoms with Crippen molar-refractivity contribution in [2.24, 2.45) is 12.0 Å². The monoisotopic (exact) mass is 370 g/mol. The summed E-state index contributed by atoms with van der Waals surface area (Å²) in [5, 5.41) is 1.41. The predicted molar refractivity (Wildman–Crippen MR) is 92.2 cm³/mol. The average Bonchev–Trinajstić information content (AvgIpc) is 2.77. The number of carbonyl (C=O) groups is 1. The molecule has 3 nitrogen and oxygen atoms in total. The maximum atomic E-state index is 12.3. The molecule has 112 valence electrons. The molecule has 0 atom stereocenters. The summed E-state index contributed by atoms with van der Waals surface area (Å²) in [5.74, 6) is -0.430. The molecule has 0 aliphatic carbocycles. The molecule has 3 aromatic rings. The molecule has 0 spiro atoms. The van der Waals surface area contributed by atoms with Crippen LogP contribution in [0.15, 0.2) is 41.4 Å². The number of thiazole rings is 1. The molecular formula is C15H9Cl3N2OS. The number of nitrogens with zero attached hydrogens (tertiary/aromatic N) is 2. The minimum Gasteiger partial charge on any atom is -0.319 e. The maximum absolute atomic E-state index is 12.3. The lowest BCUT2D eigenvalue weighted by Gasteiger charge is -2.00. The molecule has 0 N–H and O–H groups in total. The van der Waals surface area contributed by atoms with E-state index in [0.717, 1.165) is 10.2 Å². The first-order chi connectivity index (χ1) is 10.5. The Morgan fingerprint density at radius 3 is 2.55 bits per heavy atom. The number of aromatic nitrogens is 1. The Bertz CT molecular complexity index is 959. The number of hydrogen-bond donors (Lipinski definition) is 0. The normalized spacial score (nSPS) is 12.1. The second-order valence-electron chi connectivity index (χ2n) is 4.60. The number of aryl methyl sites for hydroxylation is 1. The molecule has 0 saturated carbocycles. The van der Waals surface area contributed by atoms with Crippen molar-refractivity contribution >= 4 is 62.3 Å². The van der Waals surface area contributed by atoms with Crippen molar-refractivity contribution in [1.82, 2.24) is 4.57 Å². The first kappa shape index (κ1) is 15.6. The lowest BCUT2D eigenvalue weighted by molar-refractivity contribution is 0.0998. The van der Waals surface area contributed by atoms with E-state index in [0.29, 0.717) is 19.9 Å². The van der Waals surface area contributed by atoms with Gasteiger partial charge in [0.15, 0.2) is 4.80 Å². The zero-order chi connectivity index (χ0) is 15.9. The largest absolute Gasteiger partial charge is 0.319 e. The molecule has 0 fully saturated rings. The molecular weight excluding hydrogens is 363 g/mol. The van der Waals surface area contributed by atoms with Crippen LogP contribution in [-0.4, -0.2) is 10.5 Å². The minimum absolute atomic E-state index is 0.282. The summed E-state index contributed by atoms with van der Waals surface area (Å²) >= 11 is 19.3. The van der Waals surface area contributed by atoms with E-state index < -0.39 is 5.91 Å². The number of benzene rings is 2. The Hall–Kier alpha value is -1.33. The highest BCUT2D eigenvalue weighted by Crippen LogP contribution is 2.23. The molecule has 2 aromatic carbocycles. The van der Waals surface area contributed by atoms with Crippen LogP contribution in [0.4, 0.5) is 0 Å². The van der Waals surface area contributed by atoms with Crippen LogP contribution in [0.5, 0.6) is 0 Å². The topological polar surface area (TPSA) is 34.4 Å². The molecule has 1 aromatic heterocycles. The van der Waals surface area contributed by atoms with Gasteiger partial charge in [0.25, 0.3) is 5.91 Å². The highest BCUT2D eigenvalue weighted by Gasteiger charge is 2.11. The number of halogens is 3.